The van der Waals surface area contributed by atoms with Crippen LogP contribution in [-0.2, 0) is 64.0 Å². The number of amides is 10. The Labute approximate surface area is 469 Å². The number of thioether (sulfide) groups is 1. The second-order valence-electron chi connectivity index (χ2n) is 19.0. The number of carbonyl (C=O) groups is 10. The number of phenols is 2. The predicted octanol–water partition coefficient (Wildman–Crippen LogP) is -0.644. The lowest BCUT2D eigenvalue weighted by molar-refractivity contribution is -0.136. The van der Waals surface area contributed by atoms with Gasteiger partial charge in [0.2, 0.25) is 53.2 Å². The molecule has 8 atom stereocenters. The molecule has 2 unspecified atom stereocenters. The van der Waals surface area contributed by atoms with Gasteiger partial charge in [-0.05, 0) is 110 Å². The van der Waals surface area contributed by atoms with Crippen LogP contribution in [0.25, 0.3) is 0 Å². The topological polar surface area (TPSA) is 406 Å². The Morgan fingerprint density at radius 3 is 1.75 bits per heavy atom. The minimum absolute atomic E-state index is 0.0747. The van der Waals surface area contributed by atoms with Crippen molar-refractivity contribution in [1.29, 1.82) is 0 Å². The van der Waals surface area contributed by atoms with E-state index in [0.717, 1.165) is 12.5 Å². The monoisotopic (exact) mass is 1140 g/mol. The van der Waals surface area contributed by atoms with E-state index >= 15 is 0 Å². The molecular formula is C54H66ClN11O13S. The number of aromatic hydroxyl groups is 2. The quantitative estimate of drug-likeness (QED) is 0.0519. The van der Waals surface area contributed by atoms with E-state index in [-0.39, 0.29) is 68.6 Å². The molecule has 0 saturated carbocycles. The van der Waals surface area contributed by atoms with Crippen molar-refractivity contribution < 1.29 is 63.3 Å². The Morgan fingerprint density at radius 2 is 1.20 bits per heavy atom. The van der Waals surface area contributed by atoms with Crippen molar-refractivity contribution in [2.24, 2.45) is 17.2 Å². The third-order valence-electron chi connectivity index (χ3n) is 12.7. The third-order valence-corrected chi connectivity index (χ3v) is 13.8. The van der Waals surface area contributed by atoms with Crippen LogP contribution in [0.15, 0.2) is 97.1 Å². The smallest absolute Gasteiger partial charge is 0.279 e. The first-order chi connectivity index (χ1) is 38.1. The maximum absolute atomic E-state index is 14.7. The summed E-state index contributed by atoms with van der Waals surface area (Å²) in [4.78, 5) is 138. The summed E-state index contributed by atoms with van der Waals surface area (Å²) < 4.78 is 0. The molecule has 26 heteroatoms. The summed E-state index contributed by atoms with van der Waals surface area (Å²) in [5, 5.41) is 50.8. The number of hydrogen-bond donors (Lipinski definition) is 14. The van der Waals surface area contributed by atoms with Crippen LogP contribution >= 0.6 is 23.4 Å². The van der Waals surface area contributed by atoms with Gasteiger partial charge >= 0.3 is 0 Å². The number of hydrogen-bond acceptors (Lipinski definition) is 15. The summed E-state index contributed by atoms with van der Waals surface area (Å²) in [6.45, 7) is 0.734. The molecule has 0 aliphatic carbocycles. The van der Waals surface area contributed by atoms with Crippen molar-refractivity contribution in [3.63, 3.8) is 0 Å². The molecule has 17 N–H and O–H groups in total. The van der Waals surface area contributed by atoms with E-state index in [2.05, 4.69) is 42.5 Å². The van der Waals surface area contributed by atoms with Gasteiger partial charge < -0.3 is 75.1 Å². The van der Waals surface area contributed by atoms with Gasteiger partial charge in [-0.2, -0.15) is 0 Å². The number of phenolic OH excluding ortho intramolecular Hbond substituents is 2. The number of aliphatic hydroxyl groups is 1. The molecular weight excluding hydrogens is 1080 g/mol. The first kappa shape index (κ1) is 62.6. The van der Waals surface area contributed by atoms with E-state index in [1.807, 2.05) is 0 Å². The Morgan fingerprint density at radius 1 is 0.675 bits per heavy atom. The molecule has 4 aromatic rings. The molecule has 1 fully saturated rings. The average molecular weight is 1140 g/mol. The Kier molecular flexibility index (Phi) is 24.1. The fourth-order valence-corrected chi connectivity index (χ4v) is 9.02. The summed E-state index contributed by atoms with van der Waals surface area (Å²) in [6.07, 6.45) is -1.81. The van der Waals surface area contributed by atoms with E-state index in [9.17, 15) is 63.3 Å². The molecule has 1 heterocycles. The highest BCUT2D eigenvalue weighted by Crippen LogP contribution is 2.17. The van der Waals surface area contributed by atoms with E-state index in [1.165, 1.54) is 72.8 Å². The number of rotatable bonds is 19. The second kappa shape index (κ2) is 30.8. The van der Waals surface area contributed by atoms with Crippen molar-refractivity contribution in [2.45, 2.75) is 107 Å². The standard InChI is InChI=1S/C54H66ClN11O13S/c1-29(67)45-53(78)65-43(52(77)62-39(47(58)72)24-32-9-18-36(68)19-10-32)28-80-54(79)59-27-42(60-44(70)22-13-30-7-16-35(55)17-8-30)51(76)64-41(26-33-11-20-37(69)21-12-33)50(75)63-40(25-31-5-14-34(15-6-31)46(57)71)49(74)61-38(48(73)66-45)4-2-3-23-56/h5-12,14-21,29,38-43,45,67-69H,2-4,13,22-28,56H2,1H3,(H2,57,71)(H2,58,72)(H,59,79)(H,60,70)(H,61,74)(H,62,77)(H,63,75)(H,64,76)(H,65,78)(H,66,73)/t29?,38-,39+,40+,41-,42+,43-,45?/m0/s1. The van der Waals surface area contributed by atoms with Crippen LogP contribution in [0, 0.1) is 0 Å². The molecule has 80 heavy (non-hydrogen) atoms. The van der Waals surface area contributed by atoms with E-state index in [0.29, 0.717) is 39.9 Å². The zero-order chi connectivity index (χ0) is 58.5. The van der Waals surface area contributed by atoms with Crippen molar-refractivity contribution in [1.82, 2.24) is 42.5 Å². The molecule has 0 bridgehead atoms. The number of carbonyl (C=O) groups excluding carboxylic acids is 10. The number of aliphatic hydroxyl groups excluding tert-OH is 1. The zero-order valence-corrected chi connectivity index (χ0v) is 45.1. The van der Waals surface area contributed by atoms with E-state index < -0.39 is 119 Å². The number of nitrogens with one attached hydrogen (secondary N) is 8. The van der Waals surface area contributed by atoms with Crippen LogP contribution in [0.5, 0.6) is 11.5 Å². The zero-order valence-electron chi connectivity index (χ0n) is 43.6. The number of primary amides is 2. The summed E-state index contributed by atoms with van der Waals surface area (Å²) >= 11 is 6.47. The normalized spacial score (nSPS) is 20.6. The molecule has 1 saturated heterocycles. The highest BCUT2D eigenvalue weighted by Gasteiger charge is 2.36. The van der Waals surface area contributed by atoms with Gasteiger partial charge in [0.05, 0.1) is 6.10 Å². The van der Waals surface area contributed by atoms with Crippen molar-refractivity contribution in [2.75, 3.05) is 18.8 Å². The minimum Gasteiger partial charge on any atom is -0.508 e. The van der Waals surface area contributed by atoms with Crippen LogP contribution in [0.1, 0.15) is 65.2 Å². The van der Waals surface area contributed by atoms with Gasteiger partial charge in [-0.3, -0.25) is 47.9 Å². The summed E-state index contributed by atoms with van der Waals surface area (Å²) in [6, 6.07) is 12.6. The number of unbranched alkanes of at least 4 members (excludes halogenated alkanes) is 1. The SMILES string of the molecule is CC(O)C1NC(=O)[C@H](CCCCN)NC(=O)[C@@H](Cc2ccc(C(N)=O)cc2)NC(=O)[C@H](Cc2ccc(O)cc2)NC(=O)[C@H](NC(=O)CCc2ccc(Cl)cc2)CNC(=O)SC[C@@H](C(=O)N[C@H](Cc2ccc(O)cc2)C(N)=O)NC1=O. The number of halogens is 1. The second-order valence-corrected chi connectivity index (χ2v) is 20.4. The van der Waals surface area contributed by atoms with Crippen LogP contribution in [-0.4, -0.2) is 141 Å². The van der Waals surface area contributed by atoms with Gasteiger partial charge in [-0.1, -0.05) is 71.9 Å². The average Bonchev–Trinajstić information content (AvgIpc) is 3.42. The maximum atomic E-state index is 14.7. The molecule has 5 rings (SSSR count). The lowest BCUT2D eigenvalue weighted by Crippen LogP contribution is -2.62. The van der Waals surface area contributed by atoms with Gasteiger partial charge in [0.1, 0.15) is 53.8 Å². The van der Waals surface area contributed by atoms with E-state index in [1.54, 1.807) is 24.3 Å². The highest BCUT2D eigenvalue weighted by atomic mass is 35.5. The van der Waals surface area contributed by atoms with Crippen molar-refractivity contribution in [3.05, 3.63) is 130 Å². The molecule has 24 nitrogen and oxygen atoms in total. The lowest BCUT2D eigenvalue weighted by atomic mass is 10.00. The predicted molar refractivity (Wildman–Crippen MR) is 295 cm³/mol. The maximum Gasteiger partial charge on any atom is 0.279 e. The highest BCUT2D eigenvalue weighted by molar-refractivity contribution is 8.13. The molecule has 1 aliphatic rings. The molecule has 428 valence electrons. The van der Waals surface area contributed by atoms with Crippen LogP contribution < -0.4 is 59.7 Å². The van der Waals surface area contributed by atoms with Gasteiger partial charge in [0, 0.05) is 48.6 Å². The fourth-order valence-electron chi connectivity index (χ4n) is 8.15. The lowest BCUT2D eigenvalue weighted by Gasteiger charge is -2.28. The molecule has 10 amide bonds. The molecule has 0 aromatic heterocycles. The fraction of sp³-hybridized carbons (Fsp3) is 0.370. The Bertz CT molecular complexity index is 2830. The van der Waals surface area contributed by atoms with Gasteiger partial charge in [-0.15, -0.1) is 0 Å². The number of nitrogens with two attached hydrogens (primary N) is 3. The molecule has 0 spiro atoms. The summed E-state index contributed by atoms with van der Waals surface area (Å²) in [7, 11) is 0. The Hall–Kier alpha value is -8.26. The minimum atomic E-state index is -1.83. The largest absolute Gasteiger partial charge is 0.508 e. The van der Waals surface area contributed by atoms with Crippen LogP contribution in [0.4, 0.5) is 4.79 Å². The van der Waals surface area contributed by atoms with Gasteiger partial charge in [0.25, 0.3) is 5.24 Å². The Balaban J connectivity index is 1.57. The van der Waals surface area contributed by atoms with Gasteiger partial charge in [-0.25, -0.2) is 0 Å². The first-order valence-electron chi connectivity index (χ1n) is 25.5. The molecule has 1 aliphatic heterocycles. The third kappa shape index (κ3) is 20.2. The molecule has 0 radical (unpaired) electrons. The number of benzene rings is 4. The van der Waals surface area contributed by atoms with Crippen LogP contribution in [0.2, 0.25) is 5.02 Å². The van der Waals surface area contributed by atoms with Crippen LogP contribution in [0.3, 0.4) is 0 Å². The molecule has 4 aromatic carbocycles. The number of aryl methyl sites for hydroxylation is 1. The van der Waals surface area contributed by atoms with E-state index in [4.69, 9.17) is 28.8 Å². The first-order valence-corrected chi connectivity index (χ1v) is 26.8. The van der Waals surface area contributed by atoms with Gasteiger partial charge in [0.15, 0.2) is 0 Å². The van der Waals surface area contributed by atoms with Crippen molar-refractivity contribution in [3.8, 4) is 11.5 Å². The van der Waals surface area contributed by atoms with Crippen molar-refractivity contribution >= 4 is 81.8 Å². The summed E-state index contributed by atoms with van der Waals surface area (Å²) in [5.41, 5.74) is 19.1. The summed E-state index contributed by atoms with van der Waals surface area (Å²) in [5.74, 6) is -9.21.